The normalized spacial score (nSPS) is 10.4. The maximum atomic E-state index is 12.4. The number of anilines is 1. The number of nitrogens with one attached hydrogen (secondary N) is 1. The molecule has 0 unspecified atom stereocenters. The summed E-state index contributed by atoms with van der Waals surface area (Å²) in [7, 11) is 1.48. The van der Waals surface area contributed by atoms with Gasteiger partial charge in [-0.3, -0.25) is 4.79 Å². The minimum Gasteiger partial charge on any atom is -0.496 e. The van der Waals surface area contributed by atoms with E-state index in [-0.39, 0.29) is 5.56 Å². The van der Waals surface area contributed by atoms with E-state index in [0.29, 0.717) is 11.6 Å². The van der Waals surface area contributed by atoms with Gasteiger partial charge in [0.05, 0.1) is 18.5 Å². The molecule has 2 aromatic carbocycles. The predicted molar refractivity (Wildman–Crippen MR) is 112 cm³/mol. The number of carbonyl (C=O) groups excluding carboxylic acids is 2. The van der Waals surface area contributed by atoms with Crippen molar-refractivity contribution in [1.82, 2.24) is 9.78 Å². The van der Waals surface area contributed by atoms with Crippen molar-refractivity contribution < 1.29 is 19.1 Å². The van der Waals surface area contributed by atoms with Crippen molar-refractivity contribution >= 4 is 29.5 Å². The largest absolute Gasteiger partial charge is 0.496 e. The van der Waals surface area contributed by atoms with Gasteiger partial charge in [-0.15, -0.1) is 11.8 Å². The first-order chi connectivity index (χ1) is 14.0. The summed E-state index contributed by atoms with van der Waals surface area (Å²) in [4.78, 5) is 25.7. The molecule has 0 atom stereocenters. The van der Waals surface area contributed by atoms with Crippen molar-refractivity contribution in [3.05, 3.63) is 65.9 Å². The summed E-state index contributed by atoms with van der Waals surface area (Å²) in [6.07, 6.45) is 1.93. The molecule has 29 heavy (non-hydrogen) atoms. The maximum Gasteiger partial charge on any atom is 0.342 e. The van der Waals surface area contributed by atoms with Crippen LogP contribution < -0.4 is 10.1 Å². The van der Waals surface area contributed by atoms with Crippen LogP contribution in [0.3, 0.4) is 0 Å². The number of para-hydroxylation sites is 1. The van der Waals surface area contributed by atoms with Gasteiger partial charge in [-0.05, 0) is 43.5 Å². The molecule has 0 aliphatic rings. The van der Waals surface area contributed by atoms with Crippen LogP contribution in [0.2, 0.25) is 0 Å². The standard InChI is InChI=1S/C21H21N3O4S/c1-14-11-19(24(23-14)15-7-5-4-6-8-15)22-20(25)13-28-21(26)17-10-9-16(29-3)12-18(17)27-2/h4-12H,13H2,1-3H3,(H,22,25). The molecule has 1 N–H and O–H groups in total. The van der Waals surface area contributed by atoms with Gasteiger partial charge in [0, 0.05) is 11.0 Å². The lowest BCUT2D eigenvalue weighted by Gasteiger charge is -2.11. The Morgan fingerprint density at radius 2 is 1.90 bits per heavy atom. The first kappa shape index (κ1) is 20.5. The van der Waals surface area contributed by atoms with E-state index in [2.05, 4.69) is 10.4 Å². The number of nitrogens with zero attached hydrogens (tertiary/aromatic N) is 2. The first-order valence-corrected chi connectivity index (χ1v) is 10.1. The average Bonchev–Trinajstić information content (AvgIpc) is 3.11. The molecular weight excluding hydrogens is 390 g/mol. The summed E-state index contributed by atoms with van der Waals surface area (Å²) in [5.74, 6) is -0.191. The number of rotatable bonds is 7. The molecule has 0 aliphatic carbocycles. The van der Waals surface area contributed by atoms with Crippen molar-refractivity contribution in [3.63, 3.8) is 0 Å². The van der Waals surface area contributed by atoms with Crippen LogP contribution >= 0.6 is 11.8 Å². The first-order valence-electron chi connectivity index (χ1n) is 8.83. The number of ether oxygens (including phenoxy) is 2. The average molecular weight is 411 g/mol. The highest BCUT2D eigenvalue weighted by atomic mass is 32.2. The monoisotopic (exact) mass is 411 g/mol. The van der Waals surface area contributed by atoms with Gasteiger partial charge < -0.3 is 14.8 Å². The molecule has 0 saturated heterocycles. The number of amides is 1. The highest BCUT2D eigenvalue weighted by Gasteiger charge is 2.17. The highest BCUT2D eigenvalue weighted by molar-refractivity contribution is 7.98. The third-order valence-electron chi connectivity index (χ3n) is 4.06. The van der Waals surface area contributed by atoms with Gasteiger partial charge in [-0.2, -0.15) is 5.10 Å². The minimum atomic E-state index is -0.627. The SMILES string of the molecule is COc1cc(SC)ccc1C(=O)OCC(=O)Nc1cc(C)nn1-c1ccccc1. The predicted octanol–water partition coefficient (Wildman–Crippen LogP) is 3.71. The van der Waals surface area contributed by atoms with E-state index in [9.17, 15) is 9.59 Å². The van der Waals surface area contributed by atoms with Gasteiger partial charge in [-0.25, -0.2) is 9.48 Å². The fraction of sp³-hybridized carbons (Fsp3) is 0.190. The number of hydrogen-bond donors (Lipinski definition) is 1. The van der Waals surface area contributed by atoms with Crippen LogP contribution in [-0.4, -0.2) is 41.6 Å². The molecule has 0 saturated carbocycles. The fourth-order valence-electron chi connectivity index (χ4n) is 2.71. The zero-order chi connectivity index (χ0) is 20.8. The van der Waals surface area contributed by atoms with Crippen molar-refractivity contribution in [3.8, 4) is 11.4 Å². The minimum absolute atomic E-state index is 0.267. The van der Waals surface area contributed by atoms with E-state index >= 15 is 0 Å². The van der Waals surface area contributed by atoms with Crippen molar-refractivity contribution in [1.29, 1.82) is 0 Å². The van der Waals surface area contributed by atoms with Crippen LogP contribution in [0.25, 0.3) is 5.69 Å². The summed E-state index contributed by atoms with van der Waals surface area (Å²) in [6.45, 7) is 1.41. The van der Waals surface area contributed by atoms with E-state index in [4.69, 9.17) is 9.47 Å². The molecule has 1 aromatic heterocycles. The fourth-order valence-corrected chi connectivity index (χ4v) is 3.14. The summed E-state index contributed by atoms with van der Waals surface area (Å²) >= 11 is 1.54. The van der Waals surface area contributed by atoms with Gasteiger partial charge in [0.2, 0.25) is 0 Å². The molecule has 7 nitrogen and oxygen atoms in total. The molecule has 0 spiro atoms. The van der Waals surface area contributed by atoms with E-state index in [1.54, 1.807) is 28.9 Å². The lowest BCUT2D eigenvalue weighted by atomic mass is 10.2. The summed E-state index contributed by atoms with van der Waals surface area (Å²) < 4.78 is 12.0. The Bertz CT molecular complexity index is 1020. The number of thioether (sulfide) groups is 1. The molecule has 0 fully saturated rings. The third kappa shape index (κ3) is 4.97. The van der Waals surface area contributed by atoms with Crippen LogP contribution in [0.15, 0.2) is 59.5 Å². The quantitative estimate of drug-likeness (QED) is 0.471. The smallest absolute Gasteiger partial charge is 0.342 e. The molecule has 0 aliphatic heterocycles. The number of carbonyl (C=O) groups is 2. The second-order valence-corrected chi connectivity index (χ2v) is 6.99. The molecule has 3 aromatic rings. The van der Waals surface area contributed by atoms with Crippen molar-refractivity contribution in [2.24, 2.45) is 0 Å². The van der Waals surface area contributed by atoms with E-state index < -0.39 is 18.5 Å². The van der Waals surface area contributed by atoms with Crippen LogP contribution in [0, 0.1) is 6.92 Å². The number of methoxy groups -OCH3 is 1. The van der Waals surface area contributed by atoms with Gasteiger partial charge in [-0.1, -0.05) is 18.2 Å². The topological polar surface area (TPSA) is 82.4 Å². The maximum absolute atomic E-state index is 12.4. The van der Waals surface area contributed by atoms with Crippen LogP contribution in [-0.2, 0) is 9.53 Å². The van der Waals surface area contributed by atoms with E-state index in [1.165, 1.54) is 18.9 Å². The Morgan fingerprint density at radius 3 is 2.59 bits per heavy atom. The van der Waals surface area contributed by atoms with Gasteiger partial charge in [0.25, 0.3) is 5.91 Å². The summed E-state index contributed by atoms with van der Waals surface area (Å²) in [6, 6.07) is 16.4. The van der Waals surface area contributed by atoms with Crippen LogP contribution in [0.4, 0.5) is 5.82 Å². The second kappa shape index (κ2) is 9.29. The van der Waals surface area contributed by atoms with Gasteiger partial charge >= 0.3 is 5.97 Å². The zero-order valence-corrected chi connectivity index (χ0v) is 17.2. The molecule has 1 heterocycles. The Labute approximate surface area is 173 Å². The lowest BCUT2D eigenvalue weighted by Crippen LogP contribution is -2.22. The number of benzene rings is 2. The second-order valence-electron chi connectivity index (χ2n) is 6.11. The molecular formula is C21H21N3O4S. The third-order valence-corrected chi connectivity index (χ3v) is 4.79. The number of aryl methyl sites for hydroxylation is 1. The summed E-state index contributed by atoms with van der Waals surface area (Å²) in [5.41, 5.74) is 1.83. The van der Waals surface area contributed by atoms with E-state index in [0.717, 1.165) is 16.3 Å². The Hall–Kier alpha value is -3.26. The van der Waals surface area contributed by atoms with Crippen molar-refractivity contribution in [2.75, 3.05) is 25.3 Å². The Balaban J connectivity index is 1.66. The molecule has 8 heteroatoms. The molecule has 0 radical (unpaired) electrons. The summed E-state index contributed by atoms with van der Waals surface area (Å²) in [5, 5.41) is 7.12. The van der Waals surface area contributed by atoms with Crippen LogP contribution in [0.5, 0.6) is 5.75 Å². The zero-order valence-electron chi connectivity index (χ0n) is 16.3. The number of esters is 1. The molecule has 3 rings (SSSR count). The van der Waals surface area contributed by atoms with Gasteiger partial charge in [0.1, 0.15) is 17.1 Å². The lowest BCUT2D eigenvalue weighted by molar-refractivity contribution is -0.119. The molecule has 1 amide bonds. The number of hydrogen-bond acceptors (Lipinski definition) is 6. The Kier molecular flexibility index (Phi) is 6.56. The Morgan fingerprint density at radius 1 is 1.14 bits per heavy atom. The van der Waals surface area contributed by atoms with E-state index in [1.807, 2.05) is 43.5 Å². The van der Waals surface area contributed by atoms with Gasteiger partial charge in [0.15, 0.2) is 6.61 Å². The molecule has 150 valence electrons. The van der Waals surface area contributed by atoms with Crippen molar-refractivity contribution in [2.45, 2.75) is 11.8 Å². The highest BCUT2D eigenvalue weighted by Crippen LogP contribution is 2.26. The van der Waals surface area contributed by atoms with Crippen LogP contribution in [0.1, 0.15) is 16.1 Å². The molecule has 0 bridgehead atoms. The number of aromatic nitrogens is 2.